The van der Waals surface area contributed by atoms with Crippen LogP contribution in [0, 0.1) is 0 Å². The second-order valence-corrected chi connectivity index (χ2v) is 7.69. The quantitative estimate of drug-likeness (QED) is 0.538. The largest absolute Gasteiger partial charge is 0.349 e. The van der Waals surface area contributed by atoms with E-state index >= 15 is 0 Å². The molecule has 4 aromatic rings. The molecule has 0 aliphatic carbocycles. The first-order valence-electron chi connectivity index (χ1n) is 8.40. The van der Waals surface area contributed by atoms with Crippen LogP contribution in [0.25, 0.3) is 16.3 Å². The normalized spacial score (nSPS) is 12.0. The van der Waals surface area contributed by atoms with Crippen LogP contribution >= 0.6 is 22.7 Å². The number of thiophene rings is 1. The van der Waals surface area contributed by atoms with Crippen molar-refractivity contribution in [2.24, 2.45) is 0 Å². The minimum Gasteiger partial charge on any atom is -0.349 e. The van der Waals surface area contributed by atoms with E-state index in [1.165, 1.54) is 6.33 Å². The van der Waals surface area contributed by atoms with E-state index in [0.29, 0.717) is 0 Å². The van der Waals surface area contributed by atoms with Gasteiger partial charge in [-0.1, -0.05) is 12.1 Å². The van der Waals surface area contributed by atoms with Gasteiger partial charge < -0.3 is 5.32 Å². The van der Waals surface area contributed by atoms with Crippen molar-refractivity contribution >= 4 is 28.6 Å². The van der Waals surface area contributed by atoms with E-state index in [1.54, 1.807) is 33.7 Å². The number of rotatable bonds is 6. The first-order chi connectivity index (χ1) is 13.2. The number of thiazole rings is 1. The third-order valence-electron chi connectivity index (χ3n) is 4.12. The van der Waals surface area contributed by atoms with Gasteiger partial charge in [0.05, 0.1) is 23.8 Å². The summed E-state index contributed by atoms with van der Waals surface area (Å²) >= 11 is 3.21. The molecule has 0 saturated carbocycles. The van der Waals surface area contributed by atoms with Gasteiger partial charge in [-0.15, -0.1) is 11.3 Å². The molecule has 6 nitrogen and oxygen atoms in total. The van der Waals surface area contributed by atoms with Crippen LogP contribution < -0.4 is 5.32 Å². The minimum absolute atomic E-state index is 0.0370. The molecule has 8 heteroatoms. The van der Waals surface area contributed by atoms with Gasteiger partial charge in [-0.25, -0.2) is 14.6 Å². The lowest BCUT2D eigenvalue weighted by molar-refractivity contribution is -0.121. The number of nitrogens with zero attached hydrogens (tertiary/aromatic N) is 4. The number of carbonyl (C=O) groups excluding carboxylic acids is 1. The van der Waals surface area contributed by atoms with Crippen molar-refractivity contribution < 1.29 is 4.79 Å². The molecule has 136 valence electrons. The van der Waals surface area contributed by atoms with Crippen LogP contribution in [0.3, 0.4) is 0 Å². The van der Waals surface area contributed by atoms with Crippen molar-refractivity contribution in [2.45, 2.75) is 19.4 Å². The molecule has 1 N–H and O–H groups in total. The number of hydrogen-bond acceptors (Lipinski definition) is 6. The first-order valence-corrected chi connectivity index (χ1v) is 10.2. The molecule has 0 saturated heterocycles. The molecule has 1 aromatic carbocycles. The maximum absolute atomic E-state index is 12.4. The Balaban J connectivity index is 1.36. The molecule has 1 amide bonds. The zero-order valence-corrected chi connectivity index (χ0v) is 16.2. The van der Waals surface area contributed by atoms with Crippen LogP contribution in [0.15, 0.2) is 59.1 Å². The average Bonchev–Trinajstić information content (AvgIpc) is 3.43. The van der Waals surface area contributed by atoms with Crippen molar-refractivity contribution in [3.8, 4) is 16.3 Å². The predicted molar refractivity (Wildman–Crippen MR) is 107 cm³/mol. The van der Waals surface area contributed by atoms with Gasteiger partial charge in [-0.3, -0.25) is 4.79 Å². The van der Waals surface area contributed by atoms with Crippen molar-refractivity contribution in [3.05, 3.63) is 70.4 Å². The fourth-order valence-corrected chi connectivity index (χ4v) is 4.24. The summed E-state index contributed by atoms with van der Waals surface area (Å²) in [6, 6.07) is 9.84. The Kier molecular flexibility index (Phi) is 5.08. The van der Waals surface area contributed by atoms with Crippen LogP contribution in [0.1, 0.15) is 24.2 Å². The van der Waals surface area contributed by atoms with Crippen LogP contribution in [-0.4, -0.2) is 25.7 Å². The molecular weight excluding hydrogens is 378 g/mol. The Morgan fingerprint density at radius 1 is 1.22 bits per heavy atom. The highest BCUT2D eigenvalue weighted by Crippen LogP contribution is 2.26. The summed E-state index contributed by atoms with van der Waals surface area (Å²) < 4.78 is 1.69. The Morgan fingerprint density at radius 2 is 2.07 bits per heavy atom. The lowest BCUT2D eigenvalue weighted by atomic mass is 10.1. The maximum Gasteiger partial charge on any atom is 0.226 e. The van der Waals surface area contributed by atoms with E-state index in [2.05, 4.69) is 25.8 Å². The van der Waals surface area contributed by atoms with Gasteiger partial charge in [0.25, 0.3) is 0 Å². The Bertz CT molecular complexity index is 1010. The van der Waals surface area contributed by atoms with Crippen LogP contribution in [-0.2, 0) is 11.2 Å². The molecule has 0 fully saturated rings. The molecule has 3 heterocycles. The topological polar surface area (TPSA) is 72.7 Å². The molecule has 3 aromatic heterocycles. The Morgan fingerprint density at radius 3 is 2.78 bits per heavy atom. The van der Waals surface area contributed by atoms with E-state index in [9.17, 15) is 4.79 Å². The smallest absolute Gasteiger partial charge is 0.226 e. The monoisotopic (exact) mass is 395 g/mol. The van der Waals surface area contributed by atoms with Gasteiger partial charge in [0.1, 0.15) is 17.7 Å². The number of hydrogen-bond donors (Lipinski definition) is 1. The number of carbonyl (C=O) groups is 1. The van der Waals surface area contributed by atoms with Gasteiger partial charge in [-0.05, 0) is 36.1 Å². The first kappa shape index (κ1) is 17.6. The second kappa shape index (κ2) is 7.81. The molecule has 0 aliphatic rings. The molecular formula is C19H17N5OS2. The summed E-state index contributed by atoms with van der Waals surface area (Å²) in [5.41, 5.74) is 3.87. The SMILES string of the molecule is CC(NC(=O)Cc1csc(-c2ccsc2)n1)c1ccc(-n2cncn2)cc1. The van der Waals surface area contributed by atoms with Gasteiger partial charge in [0.15, 0.2) is 0 Å². The van der Waals surface area contributed by atoms with Crippen LogP contribution in [0.4, 0.5) is 0 Å². The summed E-state index contributed by atoms with van der Waals surface area (Å²) in [5, 5.41) is 14.1. The molecule has 0 bridgehead atoms. The fourth-order valence-electron chi connectivity index (χ4n) is 2.70. The summed E-state index contributed by atoms with van der Waals surface area (Å²) in [6.45, 7) is 1.97. The number of benzene rings is 1. The van der Waals surface area contributed by atoms with Gasteiger partial charge in [0.2, 0.25) is 5.91 Å². The summed E-state index contributed by atoms with van der Waals surface area (Å²) in [7, 11) is 0. The summed E-state index contributed by atoms with van der Waals surface area (Å²) in [6.07, 6.45) is 3.43. The zero-order valence-electron chi connectivity index (χ0n) is 14.6. The predicted octanol–water partition coefficient (Wildman–Crippen LogP) is 3.87. The Hall–Kier alpha value is -2.84. The van der Waals surface area contributed by atoms with Crippen molar-refractivity contribution in [2.75, 3.05) is 0 Å². The highest BCUT2D eigenvalue weighted by atomic mass is 32.1. The number of nitrogens with one attached hydrogen (secondary N) is 1. The summed E-state index contributed by atoms with van der Waals surface area (Å²) in [5.74, 6) is -0.0370. The van der Waals surface area contributed by atoms with Crippen LogP contribution in [0.5, 0.6) is 0 Å². The zero-order chi connectivity index (χ0) is 18.6. The molecule has 0 spiro atoms. The van der Waals surface area contributed by atoms with Gasteiger partial charge >= 0.3 is 0 Å². The summed E-state index contributed by atoms with van der Waals surface area (Å²) in [4.78, 5) is 20.9. The molecule has 0 aliphatic heterocycles. The van der Waals surface area contributed by atoms with E-state index in [0.717, 1.165) is 27.5 Å². The minimum atomic E-state index is -0.0859. The number of aromatic nitrogens is 4. The maximum atomic E-state index is 12.4. The van der Waals surface area contributed by atoms with Crippen LogP contribution in [0.2, 0.25) is 0 Å². The van der Waals surface area contributed by atoms with E-state index in [-0.39, 0.29) is 18.4 Å². The van der Waals surface area contributed by atoms with Crippen molar-refractivity contribution in [1.82, 2.24) is 25.1 Å². The molecule has 1 unspecified atom stereocenters. The molecule has 1 atom stereocenters. The Labute approximate surface area is 164 Å². The molecule has 4 rings (SSSR count). The third-order valence-corrected chi connectivity index (χ3v) is 5.74. The number of amides is 1. The lowest BCUT2D eigenvalue weighted by Crippen LogP contribution is -2.28. The van der Waals surface area contributed by atoms with Gasteiger partial charge in [-0.2, -0.15) is 16.4 Å². The second-order valence-electron chi connectivity index (χ2n) is 6.05. The van der Waals surface area contributed by atoms with Crippen molar-refractivity contribution in [3.63, 3.8) is 0 Å². The molecule has 27 heavy (non-hydrogen) atoms. The van der Waals surface area contributed by atoms with E-state index in [1.807, 2.05) is 48.0 Å². The van der Waals surface area contributed by atoms with E-state index < -0.39 is 0 Å². The van der Waals surface area contributed by atoms with Gasteiger partial charge in [0, 0.05) is 16.3 Å². The third kappa shape index (κ3) is 4.12. The molecule has 0 radical (unpaired) electrons. The highest BCUT2D eigenvalue weighted by Gasteiger charge is 2.13. The highest BCUT2D eigenvalue weighted by molar-refractivity contribution is 7.14. The lowest BCUT2D eigenvalue weighted by Gasteiger charge is -2.14. The average molecular weight is 396 g/mol. The standard InChI is InChI=1S/C19H17N5OS2/c1-13(14-2-4-17(5-3-14)24-12-20-11-21-24)22-18(25)8-16-10-27-19(23-16)15-6-7-26-9-15/h2-7,9-13H,8H2,1H3,(H,22,25). The van der Waals surface area contributed by atoms with E-state index in [4.69, 9.17) is 0 Å². The fraction of sp³-hybridized carbons (Fsp3) is 0.158. The van der Waals surface area contributed by atoms with Crippen molar-refractivity contribution in [1.29, 1.82) is 0 Å².